The summed E-state index contributed by atoms with van der Waals surface area (Å²) in [4.78, 5) is 43.4. The Labute approximate surface area is 387 Å². The fourth-order valence-corrected chi connectivity index (χ4v) is 7.99. The molecule has 0 spiro atoms. The zero-order valence-electron chi connectivity index (χ0n) is 40.9. The molecular weight excluding hydrogens is 823 g/mol. The topological polar surface area (TPSA) is 172 Å². The van der Waals surface area contributed by atoms with Crippen LogP contribution >= 0.6 is 0 Å². The van der Waals surface area contributed by atoms with Crippen LogP contribution in [0.25, 0.3) is 55.3 Å². The second-order valence-corrected chi connectivity index (χ2v) is 17.8. The molecule has 4 N–H and O–H groups in total. The van der Waals surface area contributed by atoms with Crippen molar-refractivity contribution in [2.75, 3.05) is 5.73 Å². The van der Waals surface area contributed by atoms with E-state index in [9.17, 15) is 4.79 Å². The van der Waals surface area contributed by atoms with Gasteiger partial charge in [0.05, 0.1) is 50.5 Å². The quantitative estimate of drug-likeness (QED) is 0.148. The number of rotatable bonds is 6. The highest BCUT2D eigenvalue weighted by molar-refractivity contribution is 5.81. The fraction of sp³-hybridized carbons (Fsp3) is 0.365. The first-order valence-electron chi connectivity index (χ1n) is 23.0. The molecular formula is C52H67N13O. The van der Waals surface area contributed by atoms with Gasteiger partial charge >= 0.3 is 5.69 Å². The van der Waals surface area contributed by atoms with E-state index < -0.39 is 0 Å². The van der Waals surface area contributed by atoms with Crippen LogP contribution in [0.5, 0.6) is 0 Å². The Morgan fingerprint density at radius 3 is 1.79 bits per heavy atom. The maximum absolute atomic E-state index is 11.5. The van der Waals surface area contributed by atoms with Gasteiger partial charge in [-0.2, -0.15) is 0 Å². The van der Waals surface area contributed by atoms with Crippen molar-refractivity contribution in [3.05, 3.63) is 137 Å². The molecule has 66 heavy (non-hydrogen) atoms. The monoisotopic (exact) mass is 890 g/mol. The lowest BCUT2D eigenvalue weighted by molar-refractivity contribution is 0.588. The van der Waals surface area contributed by atoms with Crippen molar-refractivity contribution in [3.8, 4) is 0 Å². The first-order chi connectivity index (χ1) is 31.5. The minimum absolute atomic E-state index is 0.0313. The van der Waals surface area contributed by atoms with Gasteiger partial charge in [-0.15, -0.1) is 0 Å². The summed E-state index contributed by atoms with van der Waals surface area (Å²) in [6.45, 7) is 27.5. The van der Waals surface area contributed by atoms with Gasteiger partial charge < -0.3 is 29.4 Å². The molecule has 0 saturated carbocycles. The summed E-state index contributed by atoms with van der Waals surface area (Å²) in [5, 5.41) is 0. The Morgan fingerprint density at radius 1 is 0.591 bits per heavy atom. The molecule has 0 amide bonds. The van der Waals surface area contributed by atoms with Gasteiger partial charge in [0.1, 0.15) is 29.3 Å². The molecule has 4 aromatic carbocycles. The van der Waals surface area contributed by atoms with Gasteiger partial charge in [-0.3, -0.25) is 4.57 Å². The molecule has 10 rings (SSSR count). The maximum Gasteiger partial charge on any atom is 0.326 e. The number of imidazole rings is 5. The molecule has 6 aromatic heterocycles. The molecule has 14 heteroatoms. The molecule has 0 saturated heterocycles. The van der Waals surface area contributed by atoms with E-state index in [0.717, 1.165) is 56.8 Å². The largest absolute Gasteiger partial charge is 0.382 e. The van der Waals surface area contributed by atoms with Crippen LogP contribution in [0.2, 0.25) is 0 Å². The van der Waals surface area contributed by atoms with E-state index in [-0.39, 0.29) is 11.7 Å². The number of benzene rings is 4. The van der Waals surface area contributed by atoms with Gasteiger partial charge in [0.15, 0.2) is 11.5 Å². The predicted octanol–water partition coefficient (Wildman–Crippen LogP) is 12.0. The summed E-state index contributed by atoms with van der Waals surface area (Å²) in [6.07, 6.45) is 4.19. The highest BCUT2D eigenvalue weighted by Gasteiger charge is 2.12. The van der Waals surface area contributed by atoms with Crippen molar-refractivity contribution in [2.24, 2.45) is 0 Å². The van der Waals surface area contributed by atoms with E-state index in [1.165, 1.54) is 28.7 Å². The molecule has 0 radical (unpaired) electrons. The minimum atomic E-state index is -0.0313. The Kier molecular flexibility index (Phi) is 15.6. The first-order valence-corrected chi connectivity index (χ1v) is 23.0. The molecule has 0 aliphatic carbocycles. The van der Waals surface area contributed by atoms with Crippen molar-refractivity contribution < 1.29 is 0 Å². The van der Waals surface area contributed by atoms with Crippen LogP contribution < -0.4 is 11.4 Å². The van der Waals surface area contributed by atoms with Crippen molar-refractivity contribution in [3.63, 3.8) is 0 Å². The van der Waals surface area contributed by atoms with Gasteiger partial charge in [-0.1, -0.05) is 63.2 Å². The smallest absolute Gasteiger partial charge is 0.326 e. The van der Waals surface area contributed by atoms with Crippen LogP contribution in [-0.2, 0) is 6.42 Å². The lowest BCUT2D eigenvalue weighted by Gasteiger charge is -2.11. The second kappa shape index (κ2) is 21.3. The van der Waals surface area contributed by atoms with E-state index in [1.54, 1.807) is 10.9 Å². The van der Waals surface area contributed by atoms with Gasteiger partial charge in [0.25, 0.3) is 0 Å². The molecule has 14 nitrogen and oxygen atoms in total. The predicted molar refractivity (Wildman–Crippen MR) is 272 cm³/mol. The molecule has 0 fully saturated rings. The van der Waals surface area contributed by atoms with Crippen molar-refractivity contribution in [2.45, 2.75) is 127 Å². The van der Waals surface area contributed by atoms with E-state index in [1.807, 2.05) is 54.8 Å². The molecule has 0 aliphatic heterocycles. The van der Waals surface area contributed by atoms with Crippen LogP contribution in [-0.4, -0.2) is 58.1 Å². The van der Waals surface area contributed by atoms with Crippen LogP contribution in [0.15, 0.2) is 108 Å². The normalized spacial score (nSPS) is 11.4. The van der Waals surface area contributed by atoms with Gasteiger partial charge in [0, 0.05) is 36.5 Å². The number of nitrogens with two attached hydrogens (primary N) is 1. The van der Waals surface area contributed by atoms with Crippen molar-refractivity contribution in [1.82, 2.24) is 58.1 Å². The summed E-state index contributed by atoms with van der Waals surface area (Å²) >= 11 is 0. The molecule has 10 aromatic rings. The third-order valence-corrected chi connectivity index (χ3v) is 11.1. The van der Waals surface area contributed by atoms with Crippen molar-refractivity contribution in [1.29, 1.82) is 0 Å². The molecule has 0 aliphatic rings. The van der Waals surface area contributed by atoms with Crippen molar-refractivity contribution >= 4 is 61.1 Å². The highest BCUT2D eigenvalue weighted by Crippen LogP contribution is 2.23. The second-order valence-electron chi connectivity index (χ2n) is 17.8. The highest BCUT2D eigenvalue weighted by atomic mass is 16.1. The maximum atomic E-state index is 11.5. The lowest BCUT2D eigenvalue weighted by atomic mass is 10.2. The lowest BCUT2D eigenvalue weighted by Crippen LogP contribution is -2.18. The Balaban J connectivity index is 0.000000136. The number of hydrogen-bond donors (Lipinski definition) is 3. The number of aromatic amines is 2. The average Bonchev–Trinajstić information content (AvgIpc) is 4.11. The number of nitrogens with one attached hydrogen (secondary N) is 2. The summed E-state index contributed by atoms with van der Waals surface area (Å²) in [5.74, 6) is 4.25. The van der Waals surface area contributed by atoms with E-state index in [4.69, 9.17) is 5.73 Å². The minimum Gasteiger partial charge on any atom is -0.382 e. The number of fused-ring (bicyclic) bond motifs is 5. The molecule has 0 unspecified atom stereocenters. The van der Waals surface area contributed by atoms with Gasteiger partial charge in [0.2, 0.25) is 0 Å². The molecule has 6 heterocycles. The summed E-state index contributed by atoms with van der Waals surface area (Å²) in [5.41, 5.74) is 17.1. The number of anilines is 1. The van der Waals surface area contributed by atoms with Crippen LogP contribution in [0.1, 0.15) is 129 Å². The van der Waals surface area contributed by atoms with E-state index in [0.29, 0.717) is 35.4 Å². The number of nitrogens with zero attached hydrogens (tertiary/aromatic N) is 10. The number of H-pyrrole nitrogens is 2. The Morgan fingerprint density at radius 2 is 1.18 bits per heavy atom. The molecule has 0 bridgehead atoms. The Hall–Kier alpha value is -7.09. The molecule has 0 atom stereocenters. The number of hydrogen-bond acceptors (Lipinski definition) is 8. The summed E-state index contributed by atoms with van der Waals surface area (Å²) < 4.78 is 8.30. The van der Waals surface area contributed by atoms with Gasteiger partial charge in [-0.05, 0) is 123 Å². The number of nitrogen functional groups attached to an aromatic ring is 1. The Bertz CT molecular complexity index is 3210. The van der Waals surface area contributed by atoms with E-state index >= 15 is 0 Å². The standard InChI is InChI=1S/C12H16N2.2C11H14N2.C10H12N2O.C8H11N5/c1-4-12-13-10-7-5-6-8-11(10)14(12)9(2)3;1-7(2)11-12-9-5-4-8(3)6-10(9)13-11;1-8(2)13-9(3)12-10-6-4-5-7-11(10)13;1-7(2)12-9-6-4-3-5-8(9)11-10(12)13;1-5(2)13-4-12-6-7(9)10-3-11-8(6)13/h5-9H,4H2,1-3H3;4-7H,1-3H3,(H,12,13);4-8H,1-3H3;3-7H,1-2H3,(H,11,13);3-5H,1-2H3,(H2,9,10,11). The number of para-hydroxylation sites is 6. The summed E-state index contributed by atoms with van der Waals surface area (Å²) in [6, 6.07) is 32.1. The zero-order chi connectivity index (χ0) is 47.8. The third kappa shape index (κ3) is 10.9. The average molecular weight is 890 g/mol. The van der Waals surface area contributed by atoms with Gasteiger partial charge in [-0.25, -0.2) is 34.7 Å². The first kappa shape index (κ1) is 48.4. The SMILES string of the molecule is CC(C)n1c(=O)[nH]c2ccccc21.CC(C)n1cnc2c(N)ncnc21.CCc1nc2ccccc2n1C(C)C.Cc1ccc2nc(C(C)C)[nH]c2c1.Cc1nc2ccccc2n1C(C)C. The fourth-order valence-electron chi connectivity index (χ4n) is 7.99. The third-order valence-electron chi connectivity index (χ3n) is 11.1. The molecule has 346 valence electrons. The number of aryl methyl sites for hydroxylation is 3. The zero-order valence-corrected chi connectivity index (χ0v) is 40.9. The van der Waals surface area contributed by atoms with Crippen LogP contribution in [0, 0.1) is 13.8 Å². The summed E-state index contributed by atoms with van der Waals surface area (Å²) in [7, 11) is 0. The van der Waals surface area contributed by atoms with Crippen LogP contribution in [0.3, 0.4) is 0 Å². The number of aromatic nitrogens is 12. The van der Waals surface area contributed by atoms with Crippen LogP contribution in [0.4, 0.5) is 5.82 Å². The van der Waals surface area contributed by atoms with E-state index in [2.05, 4.69) is 180 Å².